The van der Waals surface area contributed by atoms with Crippen LogP contribution in [0.25, 0.3) is 22.4 Å². The Morgan fingerprint density at radius 1 is 0.833 bits per heavy atom. The Morgan fingerprint density at radius 3 is 2.00 bits per heavy atom. The van der Waals surface area contributed by atoms with Crippen LogP contribution in [0, 0.1) is 0 Å². The van der Waals surface area contributed by atoms with Gasteiger partial charge in [0.1, 0.15) is 0 Å². The van der Waals surface area contributed by atoms with Crippen molar-refractivity contribution in [3.63, 3.8) is 0 Å². The van der Waals surface area contributed by atoms with Gasteiger partial charge in [0.05, 0.1) is 11.3 Å². The largest absolute Gasteiger partial charge is 0.382 e. The number of nitrogens with one attached hydrogen (secondary N) is 1. The van der Waals surface area contributed by atoms with Crippen LogP contribution in [0.3, 0.4) is 0 Å². The normalized spacial score (nSPS) is 10.4. The van der Waals surface area contributed by atoms with E-state index in [1.54, 1.807) is 24.8 Å². The summed E-state index contributed by atoms with van der Waals surface area (Å²) >= 11 is 0. The van der Waals surface area contributed by atoms with E-state index in [4.69, 9.17) is 5.73 Å². The van der Waals surface area contributed by atoms with Gasteiger partial charge in [0, 0.05) is 30.4 Å². The van der Waals surface area contributed by atoms with Crippen LogP contribution in [0.15, 0.2) is 49.1 Å². The molecule has 18 heavy (non-hydrogen) atoms. The van der Waals surface area contributed by atoms with E-state index in [9.17, 15) is 0 Å². The second-order valence-corrected chi connectivity index (χ2v) is 3.83. The van der Waals surface area contributed by atoms with Crippen LogP contribution < -0.4 is 5.73 Å². The van der Waals surface area contributed by atoms with Crippen LogP contribution in [0.5, 0.6) is 0 Å². The van der Waals surface area contributed by atoms with Gasteiger partial charge in [0.15, 0.2) is 5.82 Å². The van der Waals surface area contributed by atoms with E-state index >= 15 is 0 Å². The Hall–Kier alpha value is -2.69. The third-order valence-corrected chi connectivity index (χ3v) is 2.73. The van der Waals surface area contributed by atoms with Crippen LogP contribution in [-0.2, 0) is 0 Å². The summed E-state index contributed by atoms with van der Waals surface area (Å²) < 4.78 is 0. The van der Waals surface area contributed by atoms with E-state index in [2.05, 4.69) is 20.2 Å². The number of aromatic amines is 1. The lowest BCUT2D eigenvalue weighted by molar-refractivity contribution is 1.10. The van der Waals surface area contributed by atoms with Crippen LogP contribution in [0.1, 0.15) is 0 Å². The first kappa shape index (κ1) is 10.5. The Bertz CT molecular complexity index is 646. The van der Waals surface area contributed by atoms with Gasteiger partial charge in [-0.2, -0.15) is 5.10 Å². The molecule has 0 fully saturated rings. The molecule has 3 aromatic heterocycles. The summed E-state index contributed by atoms with van der Waals surface area (Å²) in [7, 11) is 0. The summed E-state index contributed by atoms with van der Waals surface area (Å²) in [6, 6.07) is 7.65. The van der Waals surface area contributed by atoms with E-state index in [1.807, 2.05) is 24.3 Å². The summed E-state index contributed by atoms with van der Waals surface area (Å²) in [6.07, 6.45) is 6.95. The van der Waals surface area contributed by atoms with Gasteiger partial charge in [-0.25, -0.2) is 0 Å². The van der Waals surface area contributed by atoms with Crippen molar-refractivity contribution in [2.75, 3.05) is 5.73 Å². The predicted octanol–water partition coefficient (Wildman–Crippen LogP) is 2.12. The summed E-state index contributed by atoms with van der Waals surface area (Å²) in [5, 5.41) is 7.05. The average Bonchev–Trinajstić information content (AvgIpc) is 2.83. The summed E-state index contributed by atoms with van der Waals surface area (Å²) in [5.74, 6) is 0.480. The third-order valence-electron chi connectivity index (χ3n) is 2.73. The Morgan fingerprint density at radius 2 is 1.39 bits per heavy atom. The van der Waals surface area contributed by atoms with Crippen molar-refractivity contribution >= 4 is 5.82 Å². The van der Waals surface area contributed by atoms with Gasteiger partial charge in [0.2, 0.25) is 0 Å². The average molecular weight is 237 g/mol. The standard InChI is InChI=1S/C13H11N5/c14-13-11(9-1-5-15-6-2-9)12(17-18-13)10-3-7-16-8-4-10/h1-8H,(H3,14,17,18). The Kier molecular flexibility index (Phi) is 2.49. The van der Waals surface area contributed by atoms with Crippen LogP contribution >= 0.6 is 0 Å². The molecule has 0 spiro atoms. The molecule has 0 saturated carbocycles. The minimum atomic E-state index is 0.480. The molecule has 0 radical (unpaired) electrons. The Labute approximate surface area is 104 Å². The van der Waals surface area contributed by atoms with Crippen molar-refractivity contribution in [3.8, 4) is 22.4 Å². The molecule has 0 aliphatic rings. The van der Waals surface area contributed by atoms with Crippen molar-refractivity contribution < 1.29 is 0 Å². The maximum absolute atomic E-state index is 5.93. The molecular weight excluding hydrogens is 226 g/mol. The molecule has 0 amide bonds. The van der Waals surface area contributed by atoms with E-state index in [1.165, 1.54) is 0 Å². The number of nitrogen functional groups attached to an aromatic ring is 1. The lowest BCUT2D eigenvalue weighted by atomic mass is 10.0. The van der Waals surface area contributed by atoms with E-state index < -0.39 is 0 Å². The number of hydrogen-bond acceptors (Lipinski definition) is 4. The molecule has 0 aromatic carbocycles. The zero-order chi connectivity index (χ0) is 12.4. The maximum atomic E-state index is 5.93. The molecule has 0 atom stereocenters. The van der Waals surface area contributed by atoms with Crippen molar-refractivity contribution in [1.82, 2.24) is 20.2 Å². The third kappa shape index (κ3) is 1.71. The number of nitrogens with zero attached hydrogens (tertiary/aromatic N) is 3. The molecule has 3 aromatic rings. The summed E-state index contributed by atoms with van der Waals surface area (Å²) in [5.41, 5.74) is 9.70. The quantitative estimate of drug-likeness (QED) is 0.715. The predicted molar refractivity (Wildman–Crippen MR) is 69.5 cm³/mol. The van der Waals surface area contributed by atoms with Gasteiger partial charge in [-0.3, -0.25) is 15.1 Å². The first-order valence-corrected chi connectivity index (χ1v) is 5.51. The number of pyridine rings is 2. The first-order chi connectivity index (χ1) is 8.86. The maximum Gasteiger partial charge on any atom is 0.153 e. The van der Waals surface area contributed by atoms with Crippen molar-refractivity contribution in [2.24, 2.45) is 0 Å². The highest BCUT2D eigenvalue weighted by Crippen LogP contribution is 2.33. The molecule has 0 aliphatic carbocycles. The van der Waals surface area contributed by atoms with E-state index in [0.29, 0.717) is 5.82 Å². The lowest BCUT2D eigenvalue weighted by Crippen LogP contribution is -1.89. The van der Waals surface area contributed by atoms with Crippen LogP contribution in [0.4, 0.5) is 5.82 Å². The van der Waals surface area contributed by atoms with Gasteiger partial charge in [0.25, 0.3) is 0 Å². The highest BCUT2D eigenvalue weighted by Gasteiger charge is 2.14. The number of rotatable bonds is 2. The number of hydrogen-bond donors (Lipinski definition) is 2. The van der Waals surface area contributed by atoms with E-state index in [0.717, 1.165) is 22.4 Å². The SMILES string of the molecule is Nc1n[nH]c(-c2ccncc2)c1-c1ccncc1. The molecular formula is C13H11N5. The number of aromatic nitrogens is 4. The van der Waals surface area contributed by atoms with Gasteiger partial charge >= 0.3 is 0 Å². The molecule has 0 aliphatic heterocycles. The number of nitrogens with two attached hydrogens (primary N) is 1. The fourth-order valence-electron chi connectivity index (χ4n) is 1.89. The lowest BCUT2D eigenvalue weighted by Gasteiger charge is -2.03. The zero-order valence-corrected chi connectivity index (χ0v) is 9.54. The molecule has 3 rings (SSSR count). The number of anilines is 1. The summed E-state index contributed by atoms with van der Waals surface area (Å²) in [4.78, 5) is 8.01. The molecule has 0 unspecified atom stereocenters. The number of H-pyrrole nitrogens is 1. The van der Waals surface area contributed by atoms with Crippen molar-refractivity contribution in [1.29, 1.82) is 0 Å². The highest BCUT2D eigenvalue weighted by molar-refractivity contribution is 5.87. The second-order valence-electron chi connectivity index (χ2n) is 3.83. The topological polar surface area (TPSA) is 80.5 Å². The molecule has 3 heterocycles. The molecule has 5 nitrogen and oxygen atoms in total. The zero-order valence-electron chi connectivity index (χ0n) is 9.54. The Balaban J connectivity index is 2.19. The monoisotopic (exact) mass is 237 g/mol. The molecule has 5 heteroatoms. The molecule has 88 valence electrons. The second kappa shape index (κ2) is 4.29. The van der Waals surface area contributed by atoms with E-state index in [-0.39, 0.29) is 0 Å². The van der Waals surface area contributed by atoms with Crippen molar-refractivity contribution in [3.05, 3.63) is 49.1 Å². The van der Waals surface area contributed by atoms with Gasteiger partial charge in [-0.1, -0.05) is 0 Å². The van der Waals surface area contributed by atoms with Gasteiger partial charge in [-0.15, -0.1) is 0 Å². The fourth-order valence-corrected chi connectivity index (χ4v) is 1.89. The first-order valence-electron chi connectivity index (χ1n) is 5.51. The minimum Gasteiger partial charge on any atom is -0.382 e. The van der Waals surface area contributed by atoms with Crippen LogP contribution in [0.2, 0.25) is 0 Å². The van der Waals surface area contributed by atoms with Crippen molar-refractivity contribution in [2.45, 2.75) is 0 Å². The van der Waals surface area contributed by atoms with Gasteiger partial charge < -0.3 is 5.73 Å². The molecule has 3 N–H and O–H groups in total. The van der Waals surface area contributed by atoms with Gasteiger partial charge in [-0.05, 0) is 29.8 Å². The summed E-state index contributed by atoms with van der Waals surface area (Å²) in [6.45, 7) is 0. The fraction of sp³-hybridized carbons (Fsp3) is 0. The van der Waals surface area contributed by atoms with Crippen LogP contribution in [-0.4, -0.2) is 20.2 Å². The molecule has 0 bridgehead atoms. The molecule has 0 saturated heterocycles. The highest BCUT2D eigenvalue weighted by atomic mass is 15.2. The minimum absolute atomic E-state index is 0.480. The smallest absolute Gasteiger partial charge is 0.153 e.